The molecule has 0 spiro atoms. The van der Waals surface area contributed by atoms with Gasteiger partial charge in [0.2, 0.25) is 0 Å². The number of nitrogens with zero attached hydrogens (tertiary/aromatic N) is 2. The number of aromatic nitrogens is 2. The van der Waals surface area contributed by atoms with E-state index in [0.29, 0.717) is 0 Å². The molecular weight excluding hydrogens is 301 g/mol. The third-order valence-electron chi connectivity index (χ3n) is 1.89. The van der Waals surface area contributed by atoms with Crippen molar-refractivity contribution in [3.05, 3.63) is 18.7 Å². The maximum atomic E-state index is 10.9. The van der Waals surface area contributed by atoms with Crippen LogP contribution in [0.2, 0.25) is 0 Å². The molecule has 10 nitrogen and oxygen atoms in total. The molecule has 0 atom stereocenters. The first kappa shape index (κ1) is 20.7. The zero-order valence-corrected chi connectivity index (χ0v) is 13.1. The Bertz CT molecular complexity index is 436. The Morgan fingerprint density at radius 1 is 1.22 bits per heavy atom. The molecule has 0 radical (unpaired) electrons. The summed E-state index contributed by atoms with van der Waals surface area (Å²) in [6, 6.07) is 0. The number of hydrogen-bond donors (Lipinski definition) is 5. The van der Waals surface area contributed by atoms with Crippen molar-refractivity contribution in [1.82, 2.24) is 9.55 Å². The summed E-state index contributed by atoms with van der Waals surface area (Å²) in [4.78, 5) is 38.7. The van der Waals surface area contributed by atoms with Gasteiger partial charge < -0.3 is 36.2 Å². The Hall–Kier alpha value is 0.430. The maximum absolute atomic E-state index is 10.9. The van der Waals surface area contributed by atoms with E-state index in [1.807, 2.05) is 0 Å². The van der Waals surface area contributed by atoms with Crippen molar-refractivity contribution >= 4 is 15.2 Å². The second-order valence-corrected chi connectivity index (χ2v) is 7.11. The molecule has 102 valence electrons. The summed E-state index contributed by atoms with van der Waals surface area (Å²) in [6.07, 6.45) is 3.51. The molecule has 0 aliphatic carbocycles. The van der Waals surface area contributed by atoms with E-state index in [-0.39, 0.29) is 36.5 Å². The molecule has 18 heavy (non-hydrogen) atoms. The minimum absolute atomic E-state index is 0. The minimum atomic E-state index is -5.41. The first-order valence-corrected chi connectivity index (χ1v) is 7.10. The molecule has 1 heterocycles. The van der Waals surface area contributed by atoms with Gasteiger partial charge in [0, 0.05) is 12.4 Å². The molecule has 0 amide bonds. The number of rotatable bonds is 4. The Morgan fingerprint density at radius 2 is 1.67 bits per heavy atom. The van der Waals surface area contributed by atoms with Gasteiger partial charge in [0.15, 0.2) is 0 Å². The van der Waals surface area contributed by atoms with Crippen molar-refractivity contribution < 1.29 is 70.3 Å². The van der Waals surface area contributed by atoms with Gasteiger partial charge in [-0.25, -0.2) is 4.98 Å². The van der Waals surface area contributed by atoms with Crippen LogP contribution in [0.3, 0.4) is 0 Å². The first-order chi connectivity index (χ1) is 7.08. The van der Waals surface area contributed by atoms with Gasteiger partial charge in [-0.3, -0.25) is 9.13 Å². The van der Waals surface area contributed by atoms with E-state index in [0.717, 1.165) is 10.9 Å². The fraction of sp³-hybridized carbons (Fsp3) is 0.400. The Labute approximate surface area is 125 Å². The van der Waals surface area contributed by atoms with Crippen LogP contribution in [0.4, 0.5) is 0 Å². The summed E-state index contributed by atoms with van der Waals surface area (Å²) in [5.41, 5.74) is 0. The second-order valence-electron chi connectivity index (χ2n) is 3.10. The van der Waals surface area contributed by atoms with Crippen LogP contribution in [0, 0.1) is 0 Å². The van der Waals surface area contributed by atoms with Crippen molar-refractivity contribution in [3.63, 3.8) is 0 Å². The van der Waals surface area contributed by atoms with Crippen LogP contribution >= 0.6 is 15.2 Å². The third kappa shape index (κ3) is 4.22. The Morgan fingerprint density at radius 3 is 1.94 bits per heavy atom. The SMILES string of the molecule is O.O=P(O)(O)C(O)(Cn1ccnc1)P(=O)(O)O.[H-].[Na+]. The zero-order valence-electron chi connectivity index (χ0n) is 10.3. The van der Waals surface area contributed by atoms with E-state index in [1.54, 1.807) is 0 Å². The van der Waals surface area contributed by atoms with Crippen LogP contribution in [0.25, 0.3) is 0 Å². The number of aliphatic hydroxyl groups is 1. The van der Waals surface area contributed by atoms with Crippen LogP contribution in [0.5, 0.6) is 0 Å². The van der Waals surface area contributed by atoms with Crippen LogP contribution in [-0.2, 0) is 15.7 Å². The van der Waals surface area contributed by atoms with Gasteiger partial charge >= 0.3 is 44.7 Å². The second kappa shape index (κ2) is 6.74. The molecule has 0 saturated heterocycles. The van der Waals surface area contributed by atoms with Crippen LogP contribution < -0.4 is 29.6 Å². The van der Waals surface area contributed by atoms with Gasteiger partial charge in [0.05, 0.1) is 12.9 Å². The van der Waals surface area contributed by atoms with Crippen molar-refractivity contribution in [2.24, 2.45) is 0 Å². The third-order valence-corrected chi connectivity index (χ3v) is 5.60. The van der Waals surface area contributed by atoms with E-state index >= 15 is 0 Å². The van der Waals surface area contributed by atoms with Gasteiger partial charge in [0.1, 0.15) is 0 Å². The number of imidazole rings is 1. The van der Waals surface area contributed by atoms with E-state index < -0.39 is 26.8 Å². The van der Waals surface area contributed by atoms with Crippen molar-refractivity contribution in [2.75, 3.05) is 0 Å². The monoisotopic (exact) mass is 314 g/mol. The summed E-state index contributed by atoms with van der Waals surface area (Å²) in [7, 11) is -10.8. The molecule has 0 aliphatic heterocycles. The molecule has 1 aromatic rings. The average Bonchev–Trinajstić information content (AvgIpc) is 2.52. The summed E-state index contributed by atoms with van der Waals surface area (Å²) >= 11 is 0. The van der Waals surface area contributed by atoms with Gasteiger partial charge in [-0.05, 0) is 0 Å². The number of hydrogen-bond acceptors (Lipinski definition) is 4. The molecule has 0 fully saturated rings. The molecule has 13 heteroatoms. The molecule has 0 bridgehead atoms. The molecule has 0 aliphatic rings. The largest absolute Gasteiger partial charge is 1.00 e. The van der Waals surface area contributed by atoms with Gasteiger partial charge in [0.25, 0.3) is 5.08 Å². The summed E-state index contributed by atoms with van der Waals surface area (Å²) < 4.78 is 22.8. The molecule has 0 unspecified atom stereocenters. The normalized spacial score (nSPS) is 12.5. The van der Waals surface area contributed by atoms with Crippen LogP contribution in [0.15, 0.2) is 18.7 Å². The van der Waals surface area contributed by atoms with Crippen LogP contribution in [0.1, 0.15) is 1.43 Å². The molecule has 1 rings (SSSR count). The van der Waals surface area contributed by atoms with E-state index in [2.05, 4.69) is 4.98 Å². The fourth-order valence-electron chi connectivity index (χ4n) is 0.979. The summed E-state index contributed by atoms with van der Waals surface area (Å²) in [5, 5.41) is 6.04. The Balaban J connectivity index is -0.000000853. The molecule has 1 aromatic heterocycles. The predicted octanol–water partition coefficient (Wildman–Crippen LogP) is -4.82. The molecule has 7 N–H and O–H groups in total. The summed E-state index contributed by atoms with van der Waals surface area (Å²) in [5.74, 6) is 0. The van der Waals surface area contributed by atoms with Gasteiger partial charge in [-0.15, -0.1) is 0 Å². The quantitative estimate of drug-likeness (QED) is 0.270. The molecule has 0 aromatic carbocycles. The van der Waals surface area contributed by atoms with E-state index in [1.165, 1.54) is 12.4 Å². The minimum Gasteiger partial charge on any atom is -1.00 e. The first-order valence-electron chi connectivity index (χ1n) is 3.87. The van der Waals surface area contributed by atoms with Gasteiger partial charge in [-0.2, -0.15) is 0 Å². The van der Waals surface area contributed by atoms with E-state index in [9.17, 15) is 14.2 Å². The molecular formula is C5H13N2NaO8P2. The van der Waals surface area contributed by atoms with Crippen molar-refractivity contribution in [3.8, 4) is 0 Å². The van der Waals surface area contributed by atoms with E-state index in [4.69, 9.17) is 19.6 Å². The topological polar surface area (TPSA) is 185 Å². The standard InChI is InChI=1S/C5H10N2O7P2.Na.H2O.H/c8-5(15(9,10)11,16(12,13)14)3-7-2-1-6-4-7;;;/h1-2,4,8H,3H2,(H2,9,10,11)(H2,12,13,14);;1H2;/q;+1;;-1. The Kier molecular flexibility index (Phi) is 7.76. The van der Waals surface area contributed by atoms with Crippen molar-refractivity contribution in [1.29, 1.82) is 0 Å². The fourth-order valence-corrected chi connectivity index (χ4v) is 3.03. The van der Waals surface area contributed by atoms with Gasteiger partial charge in [-0.1, -0.05) is 0 Å². The smallest absolute Gasteiger partial charge is 1.00 e. The van der Waals surface area contributed by atoms with Crippen molar-refractivity contribution in [2.45, 2.75) is 11.6 Å². The molecule has 0 saturated carbocycles. The zero-order chi connectivity index (χ0) is 12.6. The summed E-state index contributed by atoms with van der Waals surface area (Å²) in [6.45, 7) is -0.957. The predicted molar refractivity (Wildman–Crippen MR) is 56.0 cm³/mol. The maximum Gasteiger partial charge on any atom is 1.00 e. The average molecular weight is 314 g/mol. The van der Waals surface area contributed by atoms with Crippen LogP contribution in [-0.4, -0.2) is 44.8 Å².